The van der Waals surface area contributed by atoms with Gasteiger partial charge in [-0.15, -0.1) is 6.42 Å². The summed E-state index contributed by atoms with van der Waals surface area (Å²) in [6.45, 7) is 3.73. The van der Waals surface area contributed by atoms with Crippen molar-refractivity contribution in [2.24, 2.45) is 0 Å². The summed E-state index contributed by atoms with van der Waals surface area (Å²) < 4.78 is 0. The molecule has 3 N–H and O–H groups in total. The van der Waals surface area contributed by atoms with Crippen molar-refractivity contribution < 1.29 is 10.2 Å². The molecule has 0 aromatic heterocycles. The number of hydrogen-bond acceptors (Lipinski definition) is 3. The molecule has 0 fully saturated rings. The molecule has 0 aliphatic heterocycles. The maximum atomic E-state index is 8.94. The number of β-amino-alcohol motifs (C(OH)–C–C–N with tert-alkyl or cyclic N) is 1. The third-order valence-electron chi connectivity index (χ3n) is 1.35. The highest BCUT2D eigenvalue weighted by atomic mass is 16.3. The van der Waals surface area contributed by atoms with Crippen molar-refractivity contribution in [1.82, 2.24) is 5.32 Å². The Morgan fingerprint density at radius 2 is 2.18 bits per heavy atom. The normalized spacial score (nSPS) is 14.1. The molecule has 1 atom stereocenters. The van der Waals surface area contributed by atoms with Crippen LogP contribution < -0.4 is 5.32 Å². The second-order valence-corrected chi connectivity index (χ2v) is 2.99. The van der Waals surface area contributed by atoms with E-state index in [9.17, 15) is 0 Å². The van der Waals surface area contributed by atoms with Crippen LogP contribution in [-0.2, 0) is 0 Å². The van der Waals surface area contributed by atoms with Crippen LogP contribution in [0.1, 0.15) is 13.8 Å². The van der Waals surface area contributed by atoms with Crippen molar-refractivity contribution in [3.8, 4) is 12.3 Å². The highest BCUT2D eigenvalue weighted by Gasteiger charge is 2.13. The van der Waals surface area contributed by atoms with Gasteiger partial charge in [0.25, 0.3) is 0 Å². The zero-order valence-electron chi connectivity index (χ0n) is 6.96. The van der Waals surface area contributed by atoms with Gasteiger partial charge in [-0.2, -0.15) is 0 Å². The molecule has 0 aliphatic carbocycles. The van der Waals surface area contributed by atoms with Gasteiger partial charge in [0.1, 0.15) is 0 Å². The SMILES string of the molecule is C#CC(C)(C)NC[C@H](O)CO. The molecule has 0 aromatic rings. The summed E-state index contributed by atoms with van der Waals surface area (Å²) in [5, 5.41) is 20.3. The number of nitrogens with one attached hydrogen (secondary N) is 1. The summed E-state index contributed by atoms with van der Waals surface area (Å²) in [5.74, 6) is 2.52. The van der Waals surface area contributed by atoms with Crippen molar-refractivity contribution >= 4 is 0 Å². The van der Waals surface area contributed by atoms with Gasteiger partial charge < -0.3 is 10.2 Å². The average molecular weight is 157 g/mol. The molecule has 11 heavy (non-hydrogen) atoms. The van der Waals surface area contributed by atoms with E-state index in [1.807, 2.05) is 13.8 Å². The Morgan fingerprint density at radius 3 is 2.55 bits per heavy atom. The van der Waals surface area contributed by atoms with Crippen LogP contribution in [0.5, 0.6) is 0 Å². The molecule has 0 heterocycles. The van der Waals surface area contributed by atoms with Crippen LogP contribution in [0.15, 0.2) is 0 Å². The largest absolute Gasteiger partial charge is 0.394 e. The minimum atomic E-state index is -0.734. The van der Waals surface area contributed by atoms with Gasteiger partial charge in [0, 0.05) is 6.54 Å². The van der Waals surface area contributed by atoms with Crippen molar-refractivity contribution in [1.29, 1.82) is 0 Å². The molecule has 0 bridgehead atoms. The monoisotopic (exact) mass is 157 g/mol. The minimum Gasteiger partial charge on any atom is -0.394 e. The fourth-order valence-electron chi connectivity index (χ4n) is 0.489. The van der Waals surface area contributed by atoms with Crippen molar-refractivity contribution in [2.75, 3.05) is 13.2 Å². The summed E-state index contributed by atoms with van der Waals surface area (Å²) in [4.78, 5) is 0. The smallest absolute Gasteiger partial charge is 0.0895 e. The fraction of sp³-hybridized carbons (Fsp3) is 0.750. The highest BCUT2D eigenvalue weighted by Crippen LogP contribution is 1.97. The van der Waals surface area contributed by atoms with Crippen molar-refractivity contribution in [3.63, 3.8) is 0 Å². The van der Waals surface area contributed by atoms with E-state index >= 15 is 0 Å². The average Bonchev–Trinajstić information content (AvgIpc) is 2.00. The van der Waals surface area contributed by atoms with E-state index in [0.717, 1.165) is 0 Å². The van der Waals surface area contributed by atoms with Gasteiger partial charge in [0.15, 0.2) is 0 Å². The quantitative estimate of drug-likeness (QED) is 0.475. The van der Waals surface area contributed by atoms with E-state index in [4.69, 9.17) is 16.6 Å². The second-order valence-electron chi connectivity index (χ2n) is 2.99. The van der Waals surface area contributed by atoms with Gasteiger partial charge in [0.05, 0.1) is 18.2 Å². The Balaban J connectivity index is 3.63. The Hall–Kier alpha value is -0.560. The topological polar surface area (TPSA) is 52.5 Å². The summed E-state index contributed by atoms with van der Waals surface area (Å²) in [6.07, 6.45) is 4.44. The molecule has 0 radical (unpaired) electrons. The van der Waals surface area contributed by atoms with E-state index in [1.165, 1.54) is 0 Å². The predicted molar refractivity (Wildman–Crippen MR) is 44.0 cm³/mol. The molecule has 0 rings (SSSR count). The van der Waals surface area contributed by atoms with Crippen LogP contribution in [0, 0.1) is 12.3 Å². The molecule has 64 valence electrons. The van der Waals surface area contributed by atoms with E-state index in [-0.39, 0.29) is 6.61 Å². The summed E-state index contributed by atoms with van der Waals surface area (Å²) in [5.41, 5.74) is -0.420. The van der Waals surface area contributed by atoms with Gasteiger partial charge in [-0.05, 0) is 13.8 Å². The molecule has 0 unspecified atom stereocenters. The standard InChI is InChI=1S/C8H15NO2/c1-4-8(2,3)9-5-7(11)6-10/h1,7,9-11H,5-6H2,2-3H3/t7-/m0/s1. The molecular weight excluding hydrogens is 142 g/mol. The van der Waals surface area contributed by atoms with E-state index < -0.39 is 11.6 Å². The molecule has 3 nitrogen and oxygen atoms in total. The van der Waals surface area contributed by atoms with Crippen molar-refractivity contribution in [3.05, 3.63) is 0 Å². The molecule has 0 spiro atoms. The first-order valence-electron chi connectivity index (χ1n) is 3.53. The molecule has 0 aliphatic rings. The molecule has 0 aromatic carbocycles. The summed E-state index contributed by atoms with van der Waals surface area (Å²) >= 11 is 0. The first-order valence-corrected chi connectivity index (χ1v) is 3.53. The zero-order chi connectivity index (χ0) is 8.91. The molecule has 0 amide bonds. The third-order valence-corrected chi connectivity index (χ3v) is 1.35. The lowest BCUT2D eigenvalue weighted by molar-refractivity contribution is 0.0906. The van der Waals surface area contributed by atoms with Crippen LogP contribution >= 0.6 is 0 Å². The van der Waals surface area contributed by atoms with Crippen LogP contribution in [0.25, 0.3) is 0 Å². The Bertz CT molecular complexity index is 149. The van der Waals surface area contributed by atoms with Gasteiger partial charge in [-0.25, -0.2) is 0 Å². The highest BCUT2D eigenvalue weighted by molar-refractivity contribution is 5.07. The predicted octanol–water partition coefficient (Wildman–Crippen LogP) is -0.659. The van der Waals surface area contributed by atoms with E-state index in [1.54, 1.807) is 0 Å². The van der Waals surface area contributed by atoms with Gasteiger partial charge >= 0.3 is 0 Å². The van der Waals surface area contributed by atoms with E-state index in [0.29, 0.717) is 6.54 Å². The lowest BCUT2D eigenvalue weighted by Gasteiger charge is -2.20. The number of aliphatic hydroxyl groups excluding tert-OH is 2. The van der Waals surface area contributed by atoms with Crippen LogP contribution in [0.3, 0.4) is 0 Å². The first kappa shape index (κ1) is 10.4. The van der Waals surface area contributed by atoms with Crippen molar-refractivity contribution in [2.45, 2.75) is 25.5 Å². The van der Waals surface area contributed by atoms with Crippen LogP contribution in [0.4, 0.5) is 0 Å². The third kappa shape index (κ3) is 4.79. The number of terminal acetylenes is 1. The van der Waals surface area contributed by atoms with E-state index in [2.05, 4.69) is 11.2 Å². The van der Waals surface area contributed by atoms with Crippen LogP contribution in [0.2, 0.25) is 0 Å². The lowest BCUT2D eigenvalue weighted by Crippen LogP contribution is -2.43. The number of aliphatic hydroxyl groups is 2. The Labute approximate surface area is 67.4 Å². The van der Waals surface area contributed by atoms with Crippen LogP contribution in [-0.4, -0.2) is 35.0 Å². The minimum absolute atomic E-state index is 0.242. The Kier molecular flexibility index (Phi) is 4.12. The number of rotatable bonds is 4. The van der Waals surface area contributed by atoms with Gasteiger partial charge in [-0.3, -0.25) is 5.32 Å². The maximum absolute atomic E-state index is 8.94. The summed E-state index contributed by atoms with van der Waals surface area (Å²) in [6, 6.07) is 0. The zero-order valence-corrected chi connectivity index (χ0v) is 6.96. The fourth-order valence-corrected chi connectivity index (χ4v) is 0.489. The maximum Gasteiger partial charge on any atom is 0.0895 e. The molecule has 3 heteroatoms. The van der Waals surface area contributed by atoms with Gasteiger partial charge in [0.2, 0.25) is 0 Å². The first-order chi connectivity index (χ1) is 5.02. The second kappa shape index (κ2) is 4.35. The summed E-state index contributed by atoms with van der Waals surface area (Å²) in [7, 11) is 0. The molecular formula is C8H15NO2. The molecule has 0 saturated carbocycles. The van der Waals surface area contributed by atoms with Gasteiger partial charge in [-0.1, -0.05) is 5.92 Å². The lowest BCUT2D eigenvalue weighted by atomic mass is 10.1. The molecule has 0 saturated heterocycles. The number of hydrogen-bond donors (Lipinski definition) is 3. The Morgan fingerprint density at radius 1 is 1.64 bits per heavy atom.